The van der Waals surface area contributed by atoms with Crippen LogP contribution in [0.15, 0.2) is 24.3 Å². The molecule has 0 atom stereocenters. The molecule has 0 amide bonds. The Kier molecular flexibility index (Phi) is 4.12. The predicted molar refractivity (Wildman–Crippen MR) is 71.0 cm³/mol. The molecule has 106 valence electrons. The number of halogens is 1. The number of carbonyl (C=O) groups is 1. The van der Waals surface area contributed by atoms with E-state index in [9.17, 15) is 9.18 Å². The fraction of sp³-hybridized carbons (Fsp3) is 0.357. The molecule has 0 aliphatic heterocycles. The number of hydrogen-bond acceptors (Lipinski definition) is 4. The van der Waals surface area contributed by atoms with Gasteiger partial charge in [0, 0.05) is 5.56 Å². The van der Waals surface area contributed by atoms with E-state index in [1.807, 2.05) is 13.8 Å². The highest BCUT2D eigenvalue weighted by Gasteiger charge is 2.23. The van der Waals surface area contributed by atoms with Crippen molar-refractivity contribution in [1.82, 2.24) is 15.0 Å². The van der Waals surface area contributed by atoms with Crippen LogP contribution in [0.4, 0.5) is 4.39 Å². The molecule has 1 aromatic heterocycles. The van der Waals surface area contributed by atoms with Gasteiger partial charge >= 0.3 is 5.97 Å². The summed E-state index contributed by atoms with van der Waals surface area (Å²) < 4.78 is 19.9. The van der Waals surface area contributed by atoms with Gasteiger partial charge in [-0.1, -0.05) is 37.3 Å². The third-order valence-corrected chi connectivity index (χ3v) is 2.98. The van der Waals surface area contributed by atoms with Crippen LogP contribution >= 0.6 is 0 Å². The van der Waals surface area contributed by atoms with E-state index in [4.69, 9.17) is 0 Å². The van der Waals surface area contributed by atoms with Gasteiger partial charge in [-0.3, -0.25) is 0 Å². The van der Waals surface area contributed by atoms with Crippen molar-refractivity contribution in [3.8, 4) is 0 Å². The Morgan fingerprint density at radius 2 is 2.10 bits per heavy atom. The number of benzene rings is 1. The maximum absolute atomic E-state index is 13.7. The number of rotatable bonds is 4. The van der Waals surface area contributed by atoms with E-state index in [0.29, 0.717) is 11.3 Å². The third-order valence-electron chi connectivity index (χ3n) is 2.98. The van der Waals surface area contributed by atoms with Gasteiger partial charge in [-0.15, -0.1) is 5.10 Å². The van der Waals surface area contributed by atoms with Crippen LogP contribution in [0.25, 0.3) is 0 Å². The molecule has 1 heterocycles. The molecular weight excluding hydrogens is 261 g/mol. The second-order valence-corrected chi connectivity index (χ2v) is 4.72. The van der Waals surface area contributed by atoms with E-state index in [2.05, 4.69) is 15.0 Å². The molecule has 5 nitrogen and oxygen atoms in total. The average molecular weight is 277 g/mol. The minimum absolute atomic E-state index is 0.0193. The Balaban J connectivity index is 2.40. The molecule has 0 fully saturated rings. The Morgan fingerprint density at radius 1 is 1.40 bits per heavy atom. The number of ether oxygens (including phenoxy) is 1. The molecule has 0 aliphatic carbocycles. The largest absolute Gasteiger partial charge is 0.464 e. The van der Waals surface area contributed by atoms with E-state index < -0.39 is 5.97 Å². The second-order valence-electron chi connectivity index (χ2n) is 4.72. The first-order valence-electron chi connectivity index (χ1n) is 6.29. The lowest BCUT2D eigenvalue weighted by Gasteiger charge is -2.10. The number of nitrogens with zero attached hydrogens (tertiary/aromatic N) is 3. The molecular formula is C14H16FN3O2. The quantitative estimate of drug-likeness (QED) is 0.805. The normalized spacial score (nSPS) is 10.8. The summed E-state index contributed by atoms with van der Waals surface area (Å²) in [4.78, 5) is 11.7. The average Bonchev–Trinajstić information content (AvgIpc) is 2.84. The van der Waals surface area contributed by atoms with Crippen molar-refractivity contribution < 1.29 is 13.9 Å². The topological polar surface area (TPSA) is 57.0 Å². The maximum atomic E-state index is 13.7. The van der Waals surface area contributed by atoms with Crippen molar-refractivity contribution in [2.24, 2.45) is 0 Å². The van der Waals surface area contributed by atoms with Crippen molar-refractivity contribution in [1.29, 1.82) is 0 Å². The van der Waals surface area contributed by atoms with Gasteiger partial charge < -0.3 is 4.74 Å². The highest BCUT2D eigenvalue weighted by molar-refractivity contribution is 5.88. The lowest BCUT2D eigenvalue weighted by atomic mass is 10.1. The summed E-state index contributed by atoms with van der Waals surface area (Å²) in [6, 6.07) is 6.45. The SMILES string of the molecule is COC(=O)c1nnn(Cc2ccccc2F)c1C(C)C. The molecule has 0 saturated carbocycles. The summed E-state index contributed by atoms with van der Waals surface area (Å²) in [6.45, 7) is 4.07. The molecule has 1 aromatic carbocycles. The van der Waals surface area contributed by atoms with Gasteiger partial charge in [0.15, 0.2) is 5.69 Å². The minimum atomic E-state index is -0.534. The van der Waals surface area contributed by atoms with E-state index in [1.165, 1.54) is 17.9 Å². The van der Waals surface area contributed by atoms with Gasteiger partial charge in [0.25, 0.3) is 0 Å². The standard InChI is InChI=1S/C14H16FN3O2/c1-9(2)13-12(14(19)20-3)16-17-18(13)8-10-6-4-5-7-11(10)15/h4-7,9H,8H2,1-3H3. The summed E-state index contributed by atoms with van der Waals surface area (Å²) in [6.07, 6.45) is 0. The van der Waals surface area contributed by atoms with E-state index in [1.54, 1.807) is 18.2 Å². The Labute approximate surface area is 116 Å². The summed E-state index contributed by atoms with van der Waals surface area (Å²) >= 11 is 0. The molecule has 0 radical (unpaired) electrons. The number of methoxy groups -OCH3 is 1. The number of carbonyl (C=O) groups excluding carboxylic acids is 1. The van der Waals surface area contributed by atoms with Gasteiger partial charge in [0.1, 0.15) is 5.82 Å². The minimum Gasteiger partial charge on any atom is -0.464 e. The fourth-order valence-corrected chi connectivity index (χ4v) is 2.04. The number of esters is 1. The maximum Gasteiger partial charge on any atom is 0.360 e. The first kappa shape index (κ1) is 14.2. The Hall–Kier alpha value is -2.24. The number of hydrogen-bond donors (Lipinski definition) is 0. The van der Waals surface area contributed by atoms with Crippen LogP contribution in [-0.2, 0) is 11.3 Å². The van der Waals surface area contributed by atoms with E-state index >= 15 is 0 Å². The third kappa shape index (κ3) is 2.68. The highest BCUT2D eigenvalue weighted by Crippen LogP contribution is 2.20. The molecule has 0 N–H and O–H groups in total. The molecule has 0 saturated heterocycles. The van der Waals surface area contributed by atoms with Crippen molar-refractivity contribution in [3.05, 3.63) is 47.0 Å². The Bertz CT molecular complexity index is 623. The smallest absolute Gasteiger partial charge is 0.360 e. The van der Waals surface area contributed by atoms with Gasteiger partial charge in [0.2, 0.25) is 0 Å². The summed E-state index contributed by atoms with van der Waals surface area (Å²) in [5.41, 5.74) is 1.31. The molecule has 0 aliphatic rings. The van der Waals surface area contributed by atoms with Crippen molar-refractivity contribution in [3.63, 3.8) is 0 Å². The van der Waals surface area contributed by atoms with Crippen LogP contribution < -0.4 is 0 Å². The molecule has 0 spiro atoms. The van der Waals surface area contributed by atoms with Gasteiger partial charge in [-0.2, -0.15) is 0 Å². The zero-order chi connectivity index (χ0) is 14.7. The van der Waals surface area contributed by atoms with Crippen LogP contribution in [0.1, 0.15) is 41.5 Å². The highest BCUT2D eigenvalue weighted by atomic mass is 19.1. The molecule has 0 unspecified atom stereocenters. The van der Waals surface area contributed by atoms with Gasteiger partial charge in [-0.05, 0) is 12.0 Å². The zero-order valence-corrected chi connectivity index (χ0v) is 11.6. The zero-order valence-electron chi connectivity index (χ0n) is 11.6. The summed E-state index contributed by atoms with van der Waals surface area (Å²) in [7, 11) is 1.29. The molecule has 6 heteroatoms. The molecule has 0 bridgehead atoms. The summed E-state index contributed by atoms with van der Waals surface area (Å²) in [5, 5.41) is 7.79. The van der Waals surface area contributed by atoms with Crippen LogP contribution in [0.5, 0.6) is 0 Å². The first-order chi connectivity index (χ1) is 9.54. The molecule has 2 aromatic rings. The lowest BCUT2D eigenvalue weighted by Crippen LogP contribution is -2.12. The van der Waals surface area contributed by atoms with Crippen LogP contribution in [-0.4, -0.2) is 28.1 Å². The molecule has 2 rings (SSSR count). The van der Waals surface area contributed by atoms with E-state index in [0.717, 1.165) is 0 Å². The summed E-state index contributed by atoms with van der Waals surface area (Å²) in [5.74, 6) is -0.823. The fourth-order valence-electron chi connectivity index (χ4n) is 2.04. The lowest BCUT2D eigenvalue weighted by molar-refractivity contribution is 0.0592. The monoisotopic (exact) mass is 277 g/mol. The predicted octanol–water partition coefficient (Wildman–Crippen LogP) is 2.38. The van der Waals surface area contributed by atoms with Crippen molar-refractivity contribution >= 4 is 5.97 Å². The number of aromatic nitrogens is 3. The van der Waals surface area contributed by atoms with Gasteiger partial charge in [0.05, 0.1) is 19.3 Å². The van der Waals surface area contributed by atoms with Crippen LogP contribution in [0, 0.1) is 5.82 Å². The van der Waals surface area contributed by atoms with Crippen molar-refractivity contribution in [2.45, 2.75) is 26.3 Å². The van der Waals surface area contributed by atoms with Crippen molar-refractivity contribution in [2.75, 3.05) is 7.11 Å². The second kappa shape index (κ2) is 5.81. The molecule has 20 heavy (non-hydrogen) atoms. The van der Waals surface area contributed by atoms with Gasteiger partial charge in [-0.25, -0.2) is 13.9 Å². The first-order valence-corrected chi connectivity index (χ1v) is 6.29. The van der Waals surface area contributed by atoms with Crippen LogP contribution in [0.3, 0.4) is 0 Å². The van der Waals surface area contributed by atoms with Crippen LogP contribution in [0.2, 0.25) is 0 Å². The van der Waals surface area contributed by atoms with E-state index in [-0.39, 0.29) is 24.0 Å². The Morgan fingerprint density at radius 3 is 2.70 bits per heavy atom.